The number of nitrogens with one attached hydrogen (secondary N) is 1. The van der Waals surface area contributed by atoms with Crippen LogP contribution in [0.1, 0.15) is 36.1 Å². The molecule has 2 amide bonds. The number of anilines is 1. The maximum absolute atomic E-state index is 13.4. The molecule has 0 aliphatic heterocycles. The third kappa shape index (κ3) is 6.56. The van der Waals surface area contributed by atoms with E-state index in [1.807, 2.05) is 58.0 Å². The number of carbonyl (C=O) groups is 2. The van der Waals surface area contributed by atoms with Crippen molar-refractivity contribution in [3.63, 3.8) is 0 Å². The second-order valence-electron chi connectivity index (χ2n) is 8.12. The lowest BCUT2D eigenvalue weighted by Crippen LogP contribution is -2.51. The van der Waals surface area contributed by atoms with Gasteiger partial charge in [0.05, 0.1) is 11.9 Å². The van der Waals surface area contributed by atoms with Crippen molar-refractivity contribution in [3.05, 3.63) is 64.7 Å². The SMILES string of the molecule is CCNC(=O)[C@H](C)N(Cc1cccc(C)c1)C(=O)CN(c1ccc(C)c(C)c1)S(C)(=O)=O. The summed E-state index contributed by atoms with van der Waals surface area (Å²) in [6, 6.07) is 12.2. The lowest BCUT2D eigenvalue weighted by Gasteiger charge is -2.31. The first kappa shape index (κ1) is 25.4. The standard InChI is InChI=1S/C24H33N3O4S/c1-7-25-24(29)20(5)26(15-21-10-8-9-17(2)13-21)23(28)16-27(32(6,30)31)22-12-11-18(3)19(4)14-22/h8-14,20H,7,15-16H2,1-6H3,(H,25,29)/t20-/m0/s1. The molecule has 7 nitrogen and oxygen atoms in total. The summed E-state index contributed by atoms with van der Waals surface area (Å²) in [6.07, 6.45) is 1.08. The van der Waals surface area contributed by atoms with Crippen molar-refractivity contribution in [2.45, 2.75) is 47.2 Å². The molecule has 0 bridgehead atoms. The van der Waals surface area contributed by atoms with Crippen LogP contribution in [0.15, 0.2) is 42.5 Å². The van der Waals surface area contributed by atoms with E-state index < -0.39 is 28.5 Å². The Morgan fingerprint density at radius 1 is 1.03 bits per heavy atom. The highest BCUT2D eigenvalue weighted by atomic mass is 32.2. The fourth-order valence-electron chi connectivity index (χ4n) is 3.41. The van der Waals surface area contributed by atoms with Crippen LogP contribution in [-0.4, -0.2) is 50.5 Å². The summed E-state index contributed by atoms with van der Waals surface area (Å²) in [5.41, 5.74) is 4.28. The zero-order valence-corrected chi connectivity index (χ0v) is 20.5. The van der Waals surface area contributed by atoms with Crippen LogP contribution in [0.3, 0.4) is 0 Å². The molecule has 0 aliphatic carbocycles. The van der Waals surface area contributed by atoms with Crippen molar-refractivity contribution in [2.24, 2.45) is 0 Å². The Balaban J connectivity index is 2.40. The van der Waals surface area contributed by atoms with E-state index in [1.165, 1.54) is 4.90 Å². The molecule has 0 fully saturated rings. The van der Waals surface area contributed by atoms with E-state index in [0.717, 1.165) is 32.8 Å². The molecule has 0 heterocycles. The van der Waals surface area contributed by atoms with Gasteiger partial charge in [-0.25, -0.2) is 8.42 Å². The predicted octanol–water partition coefficient (Wildman–Crippen LogP) is 2.93. The van der Waals surface area contributed by atoms with Crippen LogP contribution < -0.4 is 9.62 Å². The van der Waals surface area contributed by atoms with Gasteiger partial charge in [0.2, 0.25) is 21.8 Å². The van der Waals surface area contributed by atoms with E-state index in [4.69, 9.17) is 0 Å². The van der Waals surface area contributed by atoms with Crippen molar-refractivity contribution < 1.29 is 18.0 Å². The predicted molar refractivity (Wildman–Crippen MR) is 128 cm³/mol. The minimum Gasteiger partial charge on any atom is -0.355 e. The highest BCUT2D eigenvalue weighted by molar-refractivity contribution is 7.92. The fraction of sp³-hybridized carbons (Fsp3) is 0.417. The molecule has 1 atom stereocenters. The molecule has 2 aromatic rings. The second-order valence-corrected chi connectivity index (χ2v) is 10.0. The lowest BCUT2D eigenvalue weighted by molar-refractivity contribution is -0.139. The van der Waals surface area contributed by atoms with Gasteiger partial charge in [0.25, 0.3) is 0 Å². The monoisotopic (exact) mass is 459 g/mol. The minimum atomic E-state index is -3.73. The van der Waals surface area contributed by atoms with Crippen molar-refractivity contribution in [3.8, 4) is 0 Å². The third-order valence-electron chi connectivity index (χ3n) is 5.41. The van der Waals surface area contributed by atoms with Gasteiger partial charge in [0, 0.05) is 13.1 Å². The van der Waals surface area contributed by atoms with Gasteiger partial charge in [-0.15, -0.1) is 0 Å². The minimum absolute atomic E-state index is 0.198. The summed E-state index contributed by atoms with van der Waals surface area (Å²) in [6.45, 7) is 9.49. The van der Waals surface area contributed by atoms with Crippen LogP contribution in [0.25, 0.3) is 0 Å². The Hall–Kier alpha value is -2.87. The third-order valence-corrected chi connectivity index (χ3v) is 6.55. The largest absolute Gasteiger partial charge is 0.355 e. The molecule has 2 rings (SSSR count). The van der Waals surface area contributed by atoms with Crippen molar-refractivity contribution in [2.75, 3.05) is 23.7 Å². The molecule has 0 saturated heterocycles. The first-order valence-electron chi connectivity index (χ1n) is 10.6. The Morgan fingerprint density at radius 3 is 2.28 bits per heavy atom. The summed E-state index contributed by atoms with van der Waals surface area (Å²) in [4.78, 5) is 27.4. The maximum Gasteiger partial charge on any atom is 0.244 e. The molecule has 0 aromatic heterocycles. The maximum atomic E-state index is 13.4. The average molecular weight is 460 g/mol. The summed E-state index contributed by atoms with van der Waals surface area (Å²) in [5, 5.41) is 2.74. The van der Waals surface area contributed by atoms with Gasteiger partial charge in [-0.05, 0) is 63.4 Å². The molecule has 0 unspecified atom stereocenters. The van der Waals surface area contributed by atoms with E-state index in [0.29, 0.717) is 12.2 Å². The number of hydrogen-bond acceptors (Lipinski definition) is 4. The van der Waals surface area contributed by atoms with Gasteiger partial charge in [-0.2, -0.15) is 0 Å². The number of nitrogens with zero attached hydrogens (tertiary/aromatic N) is 2. The average Bonchev–Trinajstić information content (AvgIpc) is 2.71. The van der Waals surface area contributed by atoms with Gasteiger partial charge in [0.1, 0.15) is 12.6 Å². The highest BCUT2D eigenvalue weighted by Crippen LogP contribution is 2.22. The van der Waals surface area contributed by atoms with Gasteiger partial charge < -0.3 is 10.2 Å². The van der Waals surface area contributed by atoms with Gasteiger partial charge in [-0.1, -0.05) is 35.9 Å². The topological polar surface area (TPSA) is 86.8 Å². The van der Waals surface area contributed by atoms with Crippen LogP contribution in [-0.2, 0) is 26.2 Å². The molecule has 0 saturated carbocycles. The smallest absolute Gasteiger partial charge is 0.244 e. The first-order chi connectivity index (χ1) is 14.9. The molecule has 1 N–H and O–H groups in total. The van der Waals surface area contributed by atoms with Gasteiger partial charge in [0.15, 0.2) is 0 Å². The zero-order valence-electron chi connectivity index (χ0n) is 19.7. The number of rotatable bonds is 9. The van der Waals surface area contributed by atoms with Crippen molar-refractivity contribution in [1.82, 2.24) is 10.2 Å². The molecule has 174 valence electrons. The lowest BCUT2D eigenvalue weighted by atomic mass is 10.1. The molecule has 0 radical (unpaired) electrons. The fourth-order valence-corrected chi connectivity index (χ4v) is 4.25. The summed E-state index contributed by atoms with van der Waals surface area (Å²) >= 11 is 0. The molecular weight excluding hydrogens is 426 g/mol. The van der Waals surface area contributed by atoms with Crippen LogP contribution in [0, 0.1) is 20.8 Å². The number of sulfonamides is 1. The Kier molecular flexibility index (Phi) is 8.44. The number of aryl methyl sites for hydroxylation is 3. The molecule has 2 aromatic carbocycles. The van der Waals surface area contributed by atoms with Crippen LogP contribution in [0.2, 0.25) is 0 Å². The number of amides is 2. The highest BCUT2D eigenvalue weighted by Gasteiger charge is 2.30. The second kappa shape index (κ2) is 10.6. The summed E-state index contributed by atoms with van der Waals surface area (Å²) < 4.78 is 26.2. The van der Waals surface area contributed by atoms with Crippen molar-refractivity contribution >= 4 is 27.5 Å². The van der Waals surface area contributed by atoms with Gasteiger partial charge >= 0.3 is 0 Å². The Morgan fingerprint density at radius 2 is 1.72 bits per heavy atom. The normalized spacial score (nSPS) is 12.2. The quantitative estimate of drug-likeness (QED) is 0.625. The van der Waals surface area contributed by atoms with E-state index in [2.05, 4.69) is 5.32 Å². The van der Waals surface area contributed by atoms with Gasteiger partial charge in [-0.3, -0.25) is 13.9 Å². The summed E-state index contributed by atoms with van der Waals surface area (Å²) in [7, 11) is -3.73. The van der Waals surface area contributed by atoms with E-state index >= 15 is 0 Å². The van der Waals surface area contributed by atoms with Crippen LogP contribution >= 0.6 is 0 Å². The van der Waals surface area contributed by atoms with E-state index in [9.17, 15) is 18.0 Å². The number of hydrogen-bond donors (Lipinski definition) is 1. The molecule has 0 aliphatic rings. The Bertz CT molecular complexity index is 1080. The molecular formula is C24H33N3O4S. The zero-order chi connectivity index (χ0) is 24.1. The number of carbonyl (C=O) groups excluding carboxylic acids is 2. The van der Waals surface area contributed by atoms with Crippen LogP contribution in [0.4, 0.5) is 5.69 Å². The Labute approximate surface area is 191 Å². The first-order valence-corrected chi connectivity index (χ1v) is 12.5. The van der Waals surface area contributed by atoms with Crippen molar-refractivity contribution in [1.29, 1.82) is 0 Å². The molecule has 32 heavy (non-hydrogen) atoms. The molecule has 8 heteroatoms. The van der Waals surface area contributed by atoms with E-state index in [-0.39, 0.29) is 12.5 Å². The number of likely N-dealkylation sites (N-methyl/N-ethyl adjacent to an activating group) is 1. The van der Waals surface area contributed by atoms with Crippen LogP contribution in [0.5, 0.6) is 0 Å². The number of benzene rings is 2. The summed E-state index contributed by atoms with van der Waals surface area (Å²) in [5.74, 6) is -0.737. The molecule has 0 spiro atoms. The van der Waals surface area contributed by atoms with E-state index in [1.54, 1.807) is 19.1 Å².